The fraction of sp³-hybridized carbons (Fsp3) is 0.143. The third kappa shape index (κ3) is 1.92. The normalized spacial score (nSPS) is 8.50. The average Bonchev–Trinajstić information content (AvgIpc) is 1.80. The minimum Gasteiger partial charge on any atom is -0.399 e. The Bertz CT molecular complexity index is 223. The molecule has 0 fully saturated rings. The second kappa shape index (κ2) is 3.46. The molecule has 1 aromatic rings. The van der Waals surface area contributed by atoms with Gasteiger partial charge in [-0.05, 0) is 30.7 Å². The minimum atomic E-state index is 0. The quantitative estimate of drug-likeness (QED) is 0.631. The van der Waals surface area contributed by atoms with Crippen LogP contribution < -0.4 is 11.5 Å². The van der Waals surface area contributed by atoms with Gasteiger partial charge in [-0.1, -0.05) is 0 Å². The SMILES string of the molecule is Br.Cc1cc(N)ccc1N. The van der Waals surface area contributed by atoms with Gasteiger partial charge in [-0.3, -0.25) is 0 Å². The van der Waals surface area contributed by atoms with Crippen molar-refractivity contribution in [3.8, 4) is 0 Å². The topological polar surface area (TPSA) is 52.0 Å². The van der Waals surface area contributed by atoms with Crippen LogP contribution in [0.5, 0.6) is 0 Å². The number of hydrogen-bond acceptors (Lipinski definition) is 2. The lowest BCUT2D eigenvalue weighted by molar-refractivity contribution is 1.47. The number of rotatable bonds is 0. The molecular formula is C7H11BrN2. The molecule has 0 unspecified atom stereocenters. The number of hydrogen-bond donors (Lipinski definition) is 2. The van der Waals surface area contributed by atoms with Gasteiger partial charge in [-0.25, -0.2) is 0 Å². The second-order valence-electron chi connectivity index (χ2n) is 2.12. The number of benzene rings is 1. The Hall–Kier alpha value is -0.700. The zero-order valence-electron chi connectivity index (χ0n) is 5.79. The van der Waals surface area contributed by atoms with Crippen LogP contribution in [-0.4, -0.2) is 0 Å². The van der Waals surface area contributed by atoms with Crippen molar-refractivity contribution < 1.29 is 0 Å². The van der Waals surface area contributed by atoms with Gasteiger partial charge in [-0.15, -0.1) is 17.0 Å². The zero-order valence-corrected chi connectivity index (χ0v) is 7.51. The summed E-state index contributed by atoms with van der Waals surface area (Å²) in [6.07, 6.45) is 0. The number of nitrogen functional groups attached to an aromatic ring is 2. The Morgan fingerprint density at radius 1 is 1.20 bits per heavy atom. The van der Waals surface area contributed by atoms with Gasteiger partial charge in [0.1, 0.15) is 0 Å². The molecule has 0 aliphatic heterocycles. The number of nitrogens with two attached hydrogens (primary N) is 2. The van der Waals surface area contributed by atoms with E-state index in [1.54, 1.807) is 6.07 Å². The highest BCUT2D eigenvalue weighted by Crippen LogP contribution is 2.12. The molecule has 0 atom stereocenters. The van der Waals surface area contributed by atoms with Crippen LogP contribution in [0.25, 0.3) is 0 Å². The first-order valence-electron chi connectivity index (χ1n) is 2.82. The molecule has 0 amide bonds. The summed E-state index contributed by atoms with van der Waals surface area (Å²) >= 11 is 0. The Kier molecular flexibility index (Phi) is 3.22. The maximum Gasteiger partial charge on any atom is 0.0345 e. The highest BCUT2D eigenvalue weighted by Gasteiger charge is 1.90. The molecule has 0 heterocycles. The van der Waals surface area contributed by atoms with Gasteiger partial charge < -0.3 is 11.5 Å². The molecule has 3 heteroatoms. The second-order valence-corrected chi connectivity index (χ2v) is 2.12. The van der Waals surface area contributed by atoms with E-state index in [0.717, 1.165) is 16.9 Å². The summed E-state index contributed by atoms with van der Waals surface area (Å²) in [4.78, 5) is 0. The number of halogens is 1. The predicted molar refractivity (Wildman–Crippen MR) is 50.3 cm³/mol. The third-order valence-electron chi connectivity index (χ3n) is 1.29. The summed E-state index contributed by atoms with van der Waals surface area (Å²) in [6, 6.07) is 5.46. The molecule has 0 spiro atoms. The Balaban J connectivity index is 0.000000810. The van der Waals surface area contributed by atoms with Crippen molar-refractivity contribution in [2.45, 2.75) is 6.92 Å². The van der Waals surface area contributed by atoms with Gasteiger partial charge in [0.05, 0.1) is 0 Å². The van der Waals surface area contributed by atoms with Crippen molar-refractivity contribution in [2.75, 3.05) is 11.5 Å². The molecule has 0 saturated heterocycles. The molecule has 10 heavy (non-hydrogen) atoms. The molecule has 1 aromatic carbocycles. The van der Waals surface area contributed by atoms with Gasteiger partial charge in [0.25, 0.3) is 0 Å². The van der Waals surface area contributed by atoms with E-state index >= 15 is 0 Å². The Morgan fingerprint density at radius 3 is 2.20 bits per heavy atom. The van der Waals surface area contributed by atoms with Crippen LogP contribution in [0.15, 0.2) is 18.2 Å². The van der Waals surface area contributed by atoms with Crippen LogP contribution in [0.3, 0.4) is 0 Å². The first-order chi connectivity index (χ1) is 4.20. The average molecular weight is 203 g/mol. The maximum atomic E-state index is 5.53. The van der Waals surface area contributed by atoms with Gasteiger partial charge >= 0.3 is 0 Å². The summed E-state index contributed by atoms with van der Waals surface area (Å²) in [6.45, 7) is 1.94. The van der Waals surface area contributed by atoms with Crippen molar-refractivity contribution in [3.63, 3.8) is 0 Å². The fourth-order valence-corrected chi connectivity index (χ4v) is 0.699. The Morgan fingerprint density at radius 2 is 1.80 bits per heavy atom. The van der Waals surface area contributed by atoms with E-state index in [4.69, 9.17) is 11.5 Å². The lowest BCUT2D eigenvalue weighted by Gasteiger charge is -1.98. The largest absolute Gasteiger partial charge is 0.399 e. The fourth-order valence-electron chi connectivity index (χ4n) is 0.699. The van der Waals surface area contributed by atoms with Crippen LogP contribution in [0.1, 0.15) is 5.56 Å². The summed E-state index contributed by atoms with van der Waals surface area (Å²) in [7, 11) is 0. The van der Waals surface area contributed by atoms with E-state index in [1.165, 1.54) is 0 Å². The smallest absolute Gasteiger partial charge is 0.0345 e. The zero-order chi connectivity index (χ0) is 6.85. The van der Waals surface area contributed by atoms with Crippen molar-refractivity contribution >= 4 is 28.4 Å². The first-order valence-corrected chi connectivity index (χ1v) is 2.82. The molecule has 1 rings (SSSR count). The monoisotopic (exact) mass is 202 g/mol. The van der Waals surface area contributed by atoms with Gasteiger partial charge in [0.2, 0.25) is 0 Å². The summed E-state index contributed by atoms with van der Waals surface area (Å²) in [5, 5.41) is 0. The molecule has 0 bridgehead atoms. The maximum absolute atomic E-state index is 5.53. The summed E-state index contributed by atoms with van der Waals surface area (Å²) < 4.78 is 0. The summed E-state index contributed by atoms with van der Waals surface area (Å²) in [5.74, 6) is 0. The van der Waals surface area contributed by atoms with E-state index < -0.39 is 0 Å². The molecule has 0 aliphatic rings. The molecule has 0 saturated carbocycles. The van der Waals surface area contributed by atoms with Crippen LogP contribution in [0, 0.1) is 6.92 Å². The molecule has 56 valence electrons. The van der Waals surface area contributed by atoms with E-state index in [1.807, 2.05) is 19.1 Å². The number of aryl methyl sites for hydroxylation is 1. The minimum absolute atomic E-state index is 0. The lowest BCUT2D eigenvalue weighted by atomic mass is 10.2. The molecule has 0 radical (unpaired) electrons. The molecular weight excluding hydrogens is 192 g/mol. The highest BCUT2D eigenvalue weighted by molar-refractivity contribution is 8.93. The van der Waals surface area contributed by atoms with E-state index in [-0.39, 0.29) is 17.0 Å². The molecule has 2 nitrogen and oxygen atoms in total. The summed E-state index contributed by atoms with van der Waals surface area (Å²) in [5.41, 5.74) is 13.6. The number of anilines is 2. The molecule has 4 N–H and O–H groups in total. The van der Waals surface area contributed by atoms with Crippen molar-refractivity contribution in [2.24, 2.45) is 0 Å². The van der Waals surface area contributed by atoms with Gasteiger partial charge in [0, 0.05) is 11.4 Å². The Labute approximate surface area is 71.0 Å². The third-order valence-corrected chi connectivity index (χ3v) is 1.29. The lowest BCUT2D eigenvalue weighted by Crippen LogP contribution is -1.91. The van der Waals surface area contributed by atoms with E-state index in [2.05, 4.69) is 0 Å². The highest BCUT2D eigenvalue weighted by atomic mass is 79.9. The predicted octanol–water partition coefficient (Wildman–Crippen LogP) is 1.74. The molecule has 0 aliphatic carbocycles. The van der Waals surface area contributed by atoms with Crippen molar-refractivity contribution in [1.29, 1.82) is 0 Å². The van der Waals surface area contributed by atoms with E-state index in [0.29, 0.717) is 0 Å². The van der Waals surface area contributed by atoms with Gasteiger partial charge in [-0.2, -0.15) is 0 Å². The van der Waals surface area contributed by atoms with Crippen LogP contribution in [-0.2, 0) is 0 Å². The van der Waals surface area contributed by atoms with E-state index in [9.17, 15) is 0 Å². The molecule has 0 aromatic heterocycles. The van der Waals surface area contributed by atoms with Crippen molar-refractivity contribution in [3.05, 3.63) is 23.8 Å². The van der Waals surface area contributed by atoms with Crippen molar-refractivity contribution in [1.82, 2.24) is 0 Å². The standard InChI is InChI=1S/C7H10N2.BrH/c1-5-4-6(8)2-3-7(5)9;/h2-4H,8-9H2,1H3;1H. The van der Waals surface area contributed by atoms with Gasteiger partial charge in [0.15, 0.2) is 0 Å². The van der Waals surface area contributed by atoms with Crippen LogP contribution in [0.2, 0.25) is 0 Å². The van der Waals surface area contributed by atoms with Crippen LogP contribution >= 0.6 is 17.0 Å². The first kappa shape index (κ1) is 9.30. The van der Waals surface area contributed by atoms with Crippen LogP contribution in [0.4, 0.5) is 11.4 Å².